The average molecular weight is 174 g/mol. The SMILES string of the molecule is O=C1OCc2ccc3n[c]oc3c21. The van der Waals surface area contributed by atoms with Crippen molar-refractivity contribution in [1.29, 1.82) is 0 Å². The van der Waals surface area contributed by atoms with E-state index in [1.54, 1.807) is 6.07 Å². The second-order valence-electron chi connectivity index (χ2n) is 2.83. The molecule has 1 aromatic heterocycles. The quantitative estimate of drug-likeness (QED) is 0.565. The number of cyclic esters (lactones) is 1. The minimum absolute atomic E-state index is 0.324. The van der Waals surface area contributed by atoms with E-state index in [0.717, 1.165) is 5.56 Å². The molecule has 0 N–H and O–H groups in total. The fraction of sp³-hybridized carbons (Fsp3) is 0.111. The summed E-state index contributed by atoms with van der Waals surface area (Å²) in [5, 5.41) is 0. The zero-order chi connectivity index (χ0) is 8.84. The lowest BCUT2D eigenvalue weighted by Gasteiger charge is -1.91. The first-order valence-corrected chi connectivity index (χ1v) is 3.82. The molecule has 0 spiro atoms. The lowest BCUT2D eigenvalue weighted by molar-refractivity contribution is 0.0535. The van der Waals surface area contributed by atoms with Gasteiger partial charge in [-0.25, -0.2) is 9.78 Å². The molecule has 0 aliphatic carbocycles. The van der Waals surface area contributed by atoms with E-state index in [9.17, 15) is 4.79 Å². The first-order chi connectivity index (χ1) is 6.36. The van der Waals surface area contributed by atoms with E-state index in [4.69, 9.17) is 9.15 Å². The van der Waals surface area contributed by atoms with Gasteiger partial charge in [0.05, 0.1) is 0 Å². The third kappa shape index (κ3) is 0.744. The van der Waals surface area contributed by atoms with Crippen molar-refractivity contribution in [3.05, 3.63) is 29.7 Å². The summed E-state index contributed by atoms with van der Waals surface area (Å²) in [5.41, 5.74) is 2.45. The topological polar surface area (TPSA) is 52.3 Å². The summed E-state index contributed by atoms with van der Waals surface area (Å²) in [6.07, 6.45) is 2.36. The van der Waals surface area contributed by atoms with Crippen molar-refractivity contribution in [1.82, 2.24) is 4.98 Å². The molecule has 0 bridgehead atoms. The number of fused-ring (bicyclic) bond motifs is 3. The predicted molar refractivity (Wildman–Crippen MR) is 42.0 cm³/mol. The second kappa shape index (κ2) is 2.10. The van der Waals surface area contributed by atoms with Gasteiger partial charge in [-0.05, 0) is 6.07 Å². The number of ether oxygens (including phenoxy) is 1. The van der Waals surface area contributed by atoms with Crippen molar-refractivity contribution >= 4 is 17.1 Å². The van der Waals surface area contributed by atoms with Crippen LogP contribution in [-0.4, -0.2) is 11.0 Å². The molecule has 1 radical (unpaired) electrons. The van der Waals surface area contributed by atoms with E-state index < -0.39 is 0 Å². The Hall–Kier alpha value is -1.84. The van der Waals surface area contributed by atoms with Crippen molar-refractivity contribution in [2.24, 2.45) is 0 Å². The van der Waals surface area contributed by atoms with Crippen molar-refractivity contribution < 1.29 is 13.9 Å². The molecule has 2 heterocycles. The van der Waals surface area contributed by atoms with Crippen LogP contribution >= 0.6 is 0 Å². The molecular formula is C9H4NO3. The Labute approximate surface area is 73.1 Å². The molecule has 13 heavy (non-hydrogen) atoms. The van der Waals surface area contributed by atoms with E-state index in [1.165, 1.54) is 0 Å². The minimum atomic E-state index is -0.342. The van der Waals surface area contributed by atoms with Crippen LogP contribution in [-0.2, 0) is 11.3 Å². The van der Waals surface area contributed by atoms with Gasteiger partial charge in [0.15, 0.2) is 5.58 Å². The minimum Gasteiger partial charge on any atom is -0.457 e. The van der Waals surface area contributed by atoms with Crippen molar-refractivity contribution in [2.45, 2.75) is 6.61 Å². The van der Waals surface area contributed by atoms with E-state index in [2.05, 4.69) is 11.4 Å². The van der Waals surface area contributed by atoms with Gasteiger partial charge in [0.1, 0.15) is 17.7 Å². The van der Waals surface area contributed by atoms with Crippen LogP contribution < -0.4 is 0 Å². The molecule has 0 saturated carbocycles. The molecule has 3 rings (SSSR count). The molecule has 0 unspecified atom stereocenters. The summed E-state index contributed by atoms with van der Waals surface area (Å²) < 4.78 is 9.85. The maximum absolute atomic E-state index is 11.3. The van der Waals surface area contributed by atoms with Crippen LogP contribution in [0.25, 0.3) is 11.1 Å². The highest BCUT2D eigenvalue weighted by atomic mass is 16.5. The number of esters is 1. The highest BCUT2D eigenvalue weighted by molar-refractivity contribution is 6.04. The van der Waals surface area contributed by atoms with Crippen LogP contribution in [0.3, 0.4) is 0 Å². The smallest absolute Gasteiger partial charge is 0.342 e. The second-order valence-corrected chi connectivity index (χ2v) is 2.83. The Kier molecular flexibility index (Phi) is 1.07. The number of rotatable bonds is 0. The summed E-state index contributed by atoms with van der Waals surface area (Å²) in [6, 6.07) is 3.61. The number of nitrogens with zero attached hydrogens (tertiary/aromatic N) is 1. The first kappa shape index (κ1) is 6.65. The molecule has 4 heteroatoms. The molecule has 1 aromatic carbocycles. The van der Waals surface area contributed by atoms with Gasteiger partial charge in [-0.1, -0.05) is 6.07 Å². The zero-order valence-corrected chi connectivity index (χ0v) is 6.53. The van der Waals surface area contributed by atoms with Gasteiger partial charge in [0.2, 0.25) is 0 Å². The van der Waals surface area contributed by atoms with E-state index in [-0.39, 0.29) is 5.97 Å². The zero-order valence-electron chi connectivity index (χ0n) is 6.53. The van der Waals surface area contributed by atoms with Crippen molar-refractivity contribution in [3.63, 3.8) is 0 Å². The number of carbonyl (C=O) groups is 1. The average Bonchev–Trinajstić information content (AvgIpc) is 2.70. The number of aromatic nitrogens is 1. The summed E-state index contributed by atoms with van der Waals surface area (Å²) in [6.45, 7) is 0.324. The summed E-state index contributed by atoms with van der Waals surface area (Å²) in [4.78, 5) is 15.1. The van der Waals surface area contributed by atoms with E-state index >= 15 is 0 Å². The van der Waals surface area contributed by atoms with E-state index in [1.807, 2.05) is 6.07 Å². The predicted octanol–water partition coefficient (Wildman–Crippen LogP) is 1.30. The number of oxazole rings is 1. The van der Waals surface area contributed by atoms with Gasteiger partial charge < -0.3 is 9.15 Å². The van der Waals surface area contributed by atoms with Gasteiger partial charge in [-0.15, -0.1) is 0 Å². The maximum atomic E-state index is 11.3. The largest absolute Gasteiger partial charge is 0.457 e. The van der Waals surface area contributed by atoms with Crippen LogP contribution in [0, 0.1) is 6.39 Å². The number of carbonyl (C=O) groups excluding carboxylic acids is 1. The Morgan fingerprint density at radius 3 is 3.31 bits per heavy atom. The Morgan fingerprint density at radius 2 is 2.38 bits per heavy atom. The van der Waals surface area contributed by atoms with Crippen molar-refractivity contribution in [3.8, 4) is 0 Å². The lowest BCUT2D eigenvalue weighted by Crippen LogP contribution is -1.93. The molecule has 4 nitrogen and oxygen atoms in total. The van der Waals surface area contributed by atoms with Crippen LogP contribution in [0.5, 0.6) is 0 Å². The summed E-state index contributed by atoms with van der Waals surface area (Å²) in [5.74, 6) is -0.342. The number of hydrogen-bond donors (Lipinski definition) is 0. The van der Waals surface area contributed by atoms with Crippen LogP contribution in [0.2, 0.25) is 0 Å². The molecular weight excluding hydrogens is 170 g/mol. The van der Waals surface area contributed by atoms with Gasteiger partial charge in [0, 0.05) is 5.56 Å². The summed E-state index contributed by atoms with van der Waals surface area (Å²) in [7, 11) is 0. The third-order valence-electron chi connectivity index (χ3n) is 2.10. The fourth-order valence-electron chi connectivity index (χ4n) is 1.48. The molecule has 0 atom stereocenters. The third-order valence-corrected chi connectivity index (χ3v) is 2.10. The number of benzene rings is 1. The highest BCUT2D eigenvalue weighted by Crippen LogP contribution is 2.27. The Bertz CT molecular complexity index is 501. The Balaban J connectivity index is 2.49. The molecule has 2 aromatic rings. The van der Waals surface area contributed by atoms with Crippen LogP contribution in [0.15, 0.2) is 16.5 Å². The summed E-state index contributed by atoms with van der Waals surface area (Å²) >= 11 is 0. The molecule has 1 aliphatic rings. The van der Waals surface area contributed by atoms with Gasteiger partial charge >= 0.3 is 5.97 Å². The highest BCUT2D eigenvalue weighted by Gasteiger charge is 2.25. The monoisotopic (exact) mass is 174 g/mol. The van der Waals surface area contributed by atoms with Gasteiger partial charge in [-0.3, -0.25) is 0 Å². The van der Waals surface area contributed by atoms with Crippen LogP contribution in [0.4, 0.5) is 0 Å². The van der Waals surface area contributed by atoms with Crippen molar-refractivity contribution in [2.75, 3.05) is 0 Å². The first-order valence-electron chi connectivity index (χ1n) is 3.82. The van der Waals surface area contributed by atoms with Gasteiger partial charge in [0.25, 0.3) is 6.39 Å². The molecule has 0 fully saturated rings. The lowest BCUT2D eigenvalue weighted by atomic mass is 10.1. The van der Waals surface area contributed by atoms with Gasteiger partial charge in [-0.2, -0.15) is 0 Å². The molecule has 0 saturated heterocycles. The molecule has 0 amide bonds. The Morgan fingerprint density at radius 1 is 1.46 bits per heavy atom. The fourth-order valence-corrected chi connectivity index (χ4v) is 1.48. The van der Waals surface area contributed by atoms with Crippen LogP contribution in [0.1, 0.15) is 15.9 Å². The van der Waals surface area contributed by atoms with E-state index in [0.29, 0.717) is 23.3 Å². The number of hydrogen-bond acceptors (Lipinski definition) is 4. The molecule has 1 aliphatic heterocycles. The standard InChI is InChI=1S/C9H4NO3/c11-9-7-5(3-12-9)1-2-6-8(7)13-4-10-6/h1-2H,3H2. The molecule has 63 valence electrons. The normalized spacial score (nSPS) is 14.6. The maximum Gasteiger partial charge on any atom is 0.342 e.